The Kier molecular flexibility index (Phi) is 31.8. The van der Waals surface area contributed by atoms with Crippen molar-refractivity contribution in [3.05, 3.63) is 167 Å². The first kappa shape index (κ1) is 91.0. The molecule has 0 saturated heterocycles. The number of hydrogen-bond donors (Lipinski definition) is 6. The van der Waals surface area contributed by atoms with Crippen molar-refractivity contribution in [1.82, 2.24) is 0 Å². The Morgan fingerprint density at radius 3 is 0.867 bits per heavy atom. The average molecular weight is 1510 g/mol. The number of fused-ring (bicyclic) bond motifs is 2. The van der Waals surface area contributed by atoms with Crippen LogP contribution in [0.25, 0.3) is 21.5 Å². The Morgan fingerprint density at radius 1 is 0.306 bits per heavy atom. The molecule has 8 rings (SSSR count). The Hall–Kier alpha value is -3.11. The first-order chi connectivity index (χ1) is 42.2. The van der Waals surface area contributed by atoms with E-state index in [1.807, 2.05) is 0 Å². The predicted octanol–water partition coefficient (Wildman–Crippen LogP) is -11.3. The predicted molar refractivity (Wildman–Crippen MR) is 323 cm³/mol. The van der Waals surface area contributed by atoms with Gasteiger partial charge in [0.2, 0.25) is 0 Å². The van der Waals surface area contributed by atoms with Gasteiger partial charge in [0.05, 0.1) is 40.7 Å². The minimum Gasteiger partial charge on any atom is -0.744 e. The molecule has 0 fully saturated rings. The van der Waals surface area contributed by atoms with Crippen LogP contribution in [0.1, 0.15) is 94.1 Å². The fourth-order valence-corrected chi connectivity index (χ4v) is 13.6. The van der Waals surface area contributed by atoms with Crippen molar-refractivity contribution in [1.29, 1.82) is 0 Å². The topological polar surface area (TPSA) is 501 Å². The van der Waals surface area contributed by atoms with Crippen LogP contribution in [0.2, 0.25) is 0 Å². The number of amides is 6. The summed E-state index contributed by atoms with van der Waals surface area (Å²) in [6, 6.07) is 21.8. The van der Waals surface area contributed by atoms with Gasteiger partial charge in [0.1, 0.15) is 60.7 Å². The number of rotatable bonds is 16. The van der Waals surface area contributed by atoms with Crippen LogP contribution in [-0.4, -0.2) is 107 Å². The minimum absolute atomic E-state index is 0. The Morgan fingerprint density at radius 2 is 0.592 bits per heavy atom. The summed E-state index contributed by atoms with van der Waals surface area (Å²) in [6.45, 7) is 10.6. The van der Waals surface area contributed by atoms with Crippen LogP contribution in [-0.2, 0) is 71.5 Å². The van der Waals surface area contributed by atoms with Crippen LogP contribution in [0.5, 0.6) is 0 Å². The van der Waals surface area contributed by atoms with E-state index in [1.54, 1.807) is 41.5 Å². The first-order valence-electron chi connectivity index (χ1n) is 26.0. The number of nitrogens with one attached hydrogen (secondary N) is 6. The van der Waals surface area contributed by atoms with Crippen molar-refractivity contribution in [2.75, 3.05) is 31.9 Å². The molecule has 0 saturated carbocycles. The van der Waals surface area contributed by atoms with Gasteiger partial charge < -0.3 is 59.2 Å². The Labute approximate surface area is 695 Å². The van der Waals surface area contributed by atoms with E-state index in [2.05, 4.69) is 31.9 Å². The standard InChI is InChI=1S/C57H52N6O23S6.6Na/c1-56(2,3)39-15-13-31(53(66)60-41-17-19-45(89(75,76)77)37-25-35(87(69,70)71)27-47(49(37)41)91(81,82)83)23-43(39)62-51(64)29-9-7-11-33(21-29)58-55(68)59-34-12-8-10-30(22-34)52(65)63-44-24-32(14-16-40(44)57(4,5)6)54(67)61-42-18-20-46(90(78,79)80)38-26-36(88(72,73)74)28-48(50(38)42)92(84,85)86;;;;;;/h7-28H,1-6H3,(H,60,66)(H,61,67)(H,62,64)(H,63,65)(H2,58,59,68)(H,69,70,71)(H,72,73,74)(H,75,76,77)(H,78,79,80)(H,81,82,83)(H,84,85,86);;;;;;/q;6*+1/p-6. The number of anilines is 6. The van der Waals surface area contributed by atoms with E-state index in [9.17, 15) is 102 Å². The van der Waals surface area contributed by atoms with Crippen molar-refractivity contribution in [2.45, 2.75) is 81.7 Å². The molecule has 484 valence electrons. The van der Waals surface area contributed by atoms with Crippen LogP contribution in [0.15, 0.2) is 163 Å². The SMILES string of the molecule is CC(C)(C)c1ccc(C(=O)Nc2ccc(S(=O)(=O)[O-])c3cc(S(=O)(=O)[O-])cc(S(=O)(=O)[O-])c23)cc1NC(=O)c1cccc(NC(=O)Nc2cccc(C(=O)Nc3cc(C(=O)Nc4ccc(S(=O)(=O)[O-])c5cc(S(=O)(=O)[O-])cc(S(=O)(=O)[O-])c45)ccc3C(C)(C)C)c2)c1.[Na+].[Na+].[Na+].[Na+].[Na+].[Na+]. The second kappa shape index (κ2) is 34.2. The molecule has 8 aromatic rings. The maximum atomic E-state index is 14.0. The monoisotopic (exact) mass is 1510 g/mol. The molecule has 0 atom stereocenters. The zero-order valence-electron chi connectivity index (χ0n) is 54.0. The first-order valence-corrected chi connectivity index (χ1v) is 34.4. The smallest absolute Gasteiger partial charge is 0.744 e. The fourth-order valence-electron chi connectivity index (χ4n) is 9.55. The molecule has 0 aliphatic heterocycles. The molecule has 0 bridgehead atoms. The largest absolute Gasteiger partial charge is 1.00 e. The maximum absolute atomic E-state index is 14.0. The molecule has 0 radical (unpaired) electrons. The van der Waals surface area contributed by atoms with Crippen LogP contribution >= 0.6 is 0 Å². The van der Waals surface area contributed by atoms with E-state index < -0.39 is 163 Å². The van der Waals surface area contributed by atoms with Gasteiger partial charge in [-0.2, -0.15) is 0 Å². The van der Waals surface area contributed by atoms with Crippen LogP contribution < -0.4 is 209 Å². The van der Waals surface area contributed by atoms with Gasteiger partial charge in [-0.3, -0.25) is 19.2 Å². The molecule has 29 nitrogen and oxygen atoms in total. The Bertz CT molecular complexity index is 4950. The summed E-state index contributed by atoms with van der Waals surface area (Å²) in [5, 5.41) is 11.4. The number of hydrogen-bond acceptors (Lipinski definition) is 23. The molecule has 0 aliphatic carbocycles. The van der Waals surface area contributed by atoms with E-state index in [0.29, 0.717) is 35.4 Å². The van der Waals surface area contributed by atoms with Crippen molar-refractivity contribution in [2.24, 2.45) is 0 Å². The zero-order valence-corrected chi connectivity index (χ0v) is 70.9. The van der Waals surface area contributed by atoms with Gasteiger partial charge in [0.25, 0.3) is 23.6 Å². The molecule has 0 heterocycles. The van der Waals surface area contributed by atoms with Gasteiger partial charge in [-0.25, -0.2) is 55.3 Å². The molecular weight excluding hydrogens is 1470 g/mol. The van der Waals surface area contributed by atoms with E-state index in [-0.39, 0.29) is 234 Å². The number of carbonyl (C=O) groups excluding carboxylic acids is 5. The van der Waals surface area contributed by atoms with Crippen molar-refractivity contribution in [3.8, 4) is 0 Å². The van der Waals surface area contributed by atoms with E-state index in [4.69, 9.17) is 0 Å². The van der Waals surface area contributed by atoms with Crippen molar-refractivity contribution in [3.63, 3.8) is 0 Å². The summed E-state index contributed by atoms with van der Waals surface area (Å²) in [7, 11) is -33.8. The van der Waals surface area contributed by atoms with Crippen molar-refractivity contribution < 1.29 is 279 Å². The summed E-state index contributed by atoms with van der Waals surface area (Å²) in [5.74, 6) is -3.71. The fraction of sp³-hybridized carbons (Fsp3) is 0.140. The average Bonchev–Trinajstić information content (AvgIpc) is 0.742. The molecule has 0 aliphatic rings. The van der Waals surface area contributed by atoms with Crippen molar-refractivity contribution >= 4 is 146 Å². The molecule has 0 unspecified atom stereocenters. The van der Waals surface area contributed by atoms with Gasteiger partial charge in [0.15, 0.2) is 0 Å². The van der Waals surface area contributed by atoms with Gasteiger partial charge in [-0.05, 0) is 131 Å². The third-order valence-electron chi connectivity index (χ3n) is 13.6. The summed E-state index contributed by atoms with van der Waals surface area (Å²) < 4.78 is 220. The molecule has 8 aromatic carbocycles. The summed E-state index contributed by atoms with van der Waals surface area (Å²) in [5.41, 5.74) is -2.12. The van der Waals surface area contributed by atoms with Crippen LogP contribution in [0.4, 0.5) is 38.9 Å². The summed E-state index contributed by atoms with van der Waals surface area (Å²) in [6.07, 6.45) is 0. The Balaban J connectivity index is 0.00000544. The second-order valence-corrected chi connectivity index (χ2v) is 30.4. The van der Waals surface area contributed by atoms with Crippen LogP contribution in [0.3, 0.4) is 0 Å². The summed E-state index contributed by atoms with van der Waals surface area (Å²) in [4.78, 5) is 61.1. The minimum atomic E-state index is -5.77. The zero-order chi connectivity index (χ0) is 68.4. The van der Waals surface area contributed by atoms with Crippen LogP contribution in [0, 0.1) is 0 Å². The summed E-state index contributed by atoms with van der Waals surface area (Å²) >= 11 is 0. The molecule has 6 N–H and O–H groups in total. The molecule has 41 heteroatoms. The van der Waals surface area contributed by atoms with E-state index in [0.717, 1.165) is 12.1 Å². The number of urea groups is 1. The number of benzene rings is 8. The van der Waals surface area contributed by atoms with E-state index in [1.165, 1.54) is 84.9 Å². The molecule has 0 spiro atoms. The van der Waals surface area contributed by atoms with Gasteiger partial charge in [-0.1, -0.05) is 65.8 Å². The molecule has 0 aromatic heterocycles. The second-order valence-electron chi connectivity index (χ2n) is 22.2. The third-order valence-corrected chi connectivity index (χ3v) is 18.8. The normalized spacial score (nSPS) is 11.9. The van der Waals surface area contributed by atoms with Gasteiger partial charge in [-0.15, -0.1) is 0 Å². The number of carbonyl (C=O) groups is 5. The maximum Gasteiger partial charge on any atom is 1.00 e. The third kappa shape index (κ3) is 22.0. The van der Waals surface area contributed by atoms with Gasteiger partial charge in [0, 0.05) is 66.5 Å². The molecule has 6 amide bonds. The van der Waals surface area contributed by atoms with E-state index >= 15 is 0 Å². The molecular formula is C57H46N6Na6O23S6. The molecule has 98 heavy (non-hydrogen) atoms. The van der Waals surface area contributed by atoms with Gasteiger partial charge >= 0.3 is 183 Å². The quantitative estimate of drug-likeness (QED) is 0.0386.